The first-order chi connectivity index (χ1) is 12.7. The first-order valence-electron chi connectivity index (χ1n) is 8.60. The molecule has 136 valence electrons. The standard InChI is InChI=1S/C20H22N2O3S/c1-25-17-9-5-4-8-16(17)21-19(23)12-13-26-18-11-10-14-6-2-3-7-15(14)22-20(18)24/h2-9,18H,10-13H2,1H3,(H,21,23)(H,22,24). The zero-order valence-corrected chi connectivity index (χ0v) is 15.5. The second-order valence-corrected chi connectivity index (χ2v) is 7.35. The Morgan fingerprint density at radius 3 is 2.85 bits per heavy atom. The molecule has 6 heteroatoms. The van der Waals surface area contributed by atoms with Crippen LogP contribution in [0.2, 0.25) is 0 Å². The van der Waals surface area contributed by atoms with E-state index in [2.05, 4.69) is 10.6 Å². The Hall–Kier alpha value is -2.47. The molecule has 0 aromatic heterocycles. The third kappa shape index (κ3) is 4.58. The second-order valence-electron chi connectivity index (χ2n) is 6.04. The van der Waals surface area contributed by atoms with Gasteiger partial charge in [0.05, 0.1) is 18.0 Å². The molecule has 0 aliphatic carbocycles. The number of anilines is 2. The molecular weight excluding hydrogens is 348 g/mol. The van der Waals surface area contributed by atoms with Crippen LogP contribution in [0.5, 0.6) is 5.75 Å². The third-order valence-electron chi connectivity index (χ3n) is 4.27. The molecule has 2 amide bonds. The number of rotatable bonds is 6. The zero-order valence-electron chi connectivity index (χ0n) is 14.7. The van der Waals surface area contributed by atoms with E-state index in [-0.39, 0.29) is 17.1 Å². The molecule has 0 spiro atoms. The molecule has 26 heavy (non-hydrogen) atoms. The van der Waals surface area contributed by atoms with Crippen molar-refractivity contribution in [1.29, 1.82) is 0 Å². The van der Waals surface area contributed by atoms with Crippen molar-refractivity contribution in [3.8, 4) is 5.75 Å². The smallest absolute Gasteiger partial charge is 0.237 e. The van der Waals surface area contributed by atoms with E-state index in [9.17, 15) is 9.59 Å². The summed E-state index contributed by atoms with van der Waals surface area (Å²) in [5, 5.41) is 5.71. The highest BCUT2D eigenvalue weighted by Crippen LogP contribution is 2.28. The molecule has 1 atom stereocenters. The molecule has 1 aliphatic heterocycles. The fourth-order valence-electron chi connectivity index (χ4n) is 2.90. The molecule has 3 rings (SSSR count). The van der Waals surface area contributed by atoms with Crippen molar-refractivity contribution in [3.63, 3.8) is 0 Å². The molecule has 2 aromatic rings. The summed E-state index contributed by atoms with van der Waals surface area (Å²) in [6.45, 7) is 0. The molecule has 0 saturated heterocycles. The maximum atomic E-state index is 12.4. The normalized spacial score (nSPS) is 16.2. The van der Waals surface area contributed by atoms with Gasteiger partial charge in [-0.05, 0) is 36.6 Å². The lowest BCUT2D eigenvalue weighted by atomic mass is 10.1. The maximum absolute atomic E-state index is 12.4. The predicted octanol–water partition coefficient (Wildman–Crippen LogP) is 3.71. The summed E-state index contributed by atoms with van der Waals surface area (Å²) in [6, 6.07) is 15.2. The highest BCUT2D eigenvalue weighted by molar-refractivity contribution is 8.00. The quantitative estimate of drug-likeness (QED) is 0.813. The summed E-state index contributed by atoms with van der Waals surface area (Å²) >= 11 is 1.53. The van der Waals surface area contributed by atoms with Gasteiger partial charge in [-0.3, -0.25) is 9.59 Å². The summed E-state index contributed by atoms with van der Waals surface area (Å²) in [6.07, 6.45) is 1.99. The number of aryl methyl sites for hydroxylation is 1. The number of thioether (sulfide) groups is 1. The average molecular weight is 370 g/mol. The zero-order chi connectivity index (χ0) is 18.4. The lowest BCUT2D eigenvalue weighted by Crippen LogP contribution is -2.24. The predicted molar refractivity (Wildman–Crippen MR) is 106 cm³/mol. The number of nitrogens with one attached hydrogen (secondary N) is 2. The Labute approximate surface area is 157 Å². The molecule has 5 nitrogen and oxygen atoms in total. The topological polar surface area (TPSA) is 67.4 Å². The Morgan fingerprint density at radius 1 is 1.23 bits per heavy atom. The van der Waals surface area contributed by atoms with Gasteiger partial charge < -0.3 is 15.4 Å². The van der Waals surface area contributed by atoms with Gasteiger partial charge in [0.25, 0.3) is 0 Å². The molecule has 1 heterocycles. The monoisotopic (exact) mass is 370 g/mol. The van der Waals surface area contributed by atoms with Gasteiger partial charge in [0, 0.05) is 17.9 Å². The van der Waals surface area contributed by atoms with Crippen LogP contribution in [-0.4, -0.2) is 29.9 Å². The van der Waals surface area contributed by atoms with E-state index in [0.29, 0.717) is 23.6 Å². The average Bonchev–Trinajstić information content (AvgIpc) is 2.81. The van der Waals surface area contributed by atoms with Crippen LogP contribution in [0, 0.1) is 0 Å². The number of fused-ring (bicyclic) bond motifs is 1. The number of benzene rings is 2. The first-order valence-corrected chi connectivity index (χ1v) is 9.65. The molecule has 1 unspecified atom stereocenters. The summed E-state index contributed by atoms with van der Waals surface area (Å²) in [5.41, 5.74) is 2.72. The SMILES string of the molecule is COc1ccccc1NC(=O)CCSC1CCc2ccccc2NC1=O. The number of para-hydroxylation sites is 3. The van der Waals surface area contributed by atoms with Crippen LogP contribution in [0.1, 0.15) is 18.4 Å². The van der Waals surface area contributed by atoms with Crippen molar-refractivity contribution in [2.45, 2.75) is 24.5 Å². The third-order valence-corrected chi connectivity index (χ3v) is 5.56. The lowest BCUT2D eigenvalue weighted by molar-refractivity contribution is -0.116. The van der Waals surface area contributed by atoms with Gasteiger partial charge in [-0.25, -0.2) is 0 Å². The van der Waals surface area contributed by atoms with Gasteiger partial charge in [-0.1, -0.05) is 30.3 Å². The van der Waals surface area contributed by atoms with E-state index in [4.69, 9.17) is 4.74 Å². The fourth-order valence-corrected chi connectivity index (χ4v) is 3.99. The minimum Gasteiger partial charge on any atom is -0.495 e. The van der Waals surface area contributed by atoms with E-state index >= 15 is 0 Å². The minimum absolute atomic E-state index is 0.0186. The summed E-state index contributed by atoms with van der Waals surface area (Å²) in [4.78, 5) is 24.5. The number of carbonyl (C=O) groups excluding carboxylic acids is 2. The number of ether oxygens (including phenoxy) is 1. The molecular formula is C20H22N2O3S. The Balaban J connectivity index is 1.49. The number of hydrogen-bond donors (Lipinski definition) is 2. The van der Waals surface area contributed by atoms with Gasteiger partial charge in [-0.15, -0.1) is 11.8 Å². The van der Waals surface area contributed by atoms with Crippen molar-refractivity contribution in [3.05, 3.63) is 54.1 Å². The van der Waals surface area contributed by atoms with Crippen molar-refractivity contribution in [1.82, 2.24) is 0 Å². The van der Waals surface area contributed by atoms with Gasteiger partial charge in [0.15, 0.2) is 0 Å². The minimum atomic E-state index is -0.138. The fraction of sp³-hybridized carbons (Fsp3) is 0.300. The van der Waals surface area contributed by atoms with E-state index in [1.165, 1.54) is 11.8 Å². The van der Waals surface area contributed by atoms with Crippen LogP contribution in [0.25, 0.3) is 0 Å². The van der Waals surface area contributed by atoms with Crippen molar-refractivity contribution in [2.24, 2.45) is 0 Å². The molecule has 2 N–H and O–H groups in total. The molecule has 0 radical (unpaired) electrons. The van der Waals surface area contributed by atoms with E-state index in [0.717, 1.165) is 24.1 Å². The Bertz CT molecular complexity index is 794. The molecule has 0 saturated carbocycles. The Morgan fingerprint density at radius 2 is 2.00 bits per heavy atom. The molecule has 1 aliphatic rings. The summed E-state index contributed by atoms with van der Waals surface area (Å²) in [5.74, 6) is 1.16. The van der Waals surface area contributed by atoms with Crippen LogP contribution in [0.3, 0.4) is 0 Å². The van der Waals surface area contributed by atoms with E-state index < -0.39 is 0 Å². The van der Waals surface area contributed by atoms with Crippen LogP contribution in [0.15, 0.2) is 48.5 Å². The molecule has 0 bridgehead atoms. The van der Waals surface area contributed by atoms with Gasteiger partial charge >= 0.3 is 0 Å². The molecule has 0 fully saturated rings. The van der Waals surface area contributed by atoms with Crippen molar-refractivity contribution in [2.75, 3.05) is 23.5 Å². The van der Waals surface area contributed by atoms with Gasteiger partial charge in [-0.2, -0.15) is 0 Å². The molecule has 2 aromatic carbocycles. The highest BCUT2D eigenvalue weighted by Gasteiger charge is 2.23. The highest BCUT2D eigenvalue weighted by atomic mass is 32.2. The van der Waals surface area contributed by atoms with Crippen molar-refractivity contribution < 1.29 is 14.3 Å². The number of methoxy groups -OCH3 is 1. The Kier molecular flexibility index (Phi) is 6.17. The largest absolute Gasteiger partial charge is 0.495 e. The lowest BCUT2D eigenvalue weighted by Gasteiger charge is -2.13. The maximum Gasteiger partial charge on any atom is 0.237 e. The summed E-state index contributed by atoms with van der Waals surface area (Å²) < 4.78 is 5.23. The number of amides is 2. The van der Waals surface area contributed by atoms with Crippen LogP contribution < -0.4 is 15.4 Å². The van der Waals surface area contributed by atoms with Crippen molar-refractivity contribution >= 4 is 35.0 Å². The van der Waals surface area contributed by atoms with Crippen LogP contribution in [0.4, 0.5) is 11.4 Å². The number of carbonyl (C=O) groups is 2. The summed E-state index contributed by atoms with van der Waals surface area (Å²) in [7, 11) is 1.57. The number of hydrogen-bond acceptors (Lipinski definition) is 4. The van der Waals surface area contributed by atoms with E-state index in [1.807, 2.05) is 36.4 Å². The van der Waals surface area contributed by atoms with Crippen LogP contribution >= 0.6 is 11.8 Å². The van der Waals surface area contributed by atoms with Gasteiger partial charge in [0.1, 0.15) is 5.75 Å². The first kappa shape index (κ1) is 18.3. The van der Waals surface area contributed by atoms with Gasteiger partial charge in [0.2, 0.25) is 11.8 Å². The second kappa shape index (κ2) is 8.76. The van der Waals surface area contributed by atoms with E-state index in [1.54, 1.807) is 19.2 Å². The van der Waals surface area contributed by atoms with Crippen LogP contribution in [-0.2, 0) is 16.0 Å².